The molecule has 14 heavy (non-hydrogen) atoms. The van der Waals surface area contributed by atoms with Crippen LogP contribution in [0.3, 0.4) is 0 Å². The van der Waals surface area contributed by atoms with E-state index in [0.29, 0.717) is 11.5 Å². The number of aromatic nitrogens is 1. The molecule has 0 radical (unpaired) electrons. The minimum Gasteiger partial charge on any atom is -0.356 e. The summed E-state index contributed by atoms with van der Waals surface area (Å²) in [6.07, 6.45) is 0. The Morgan fingerprint density at radius 2 is 2.00 bits per heavy atom. The summed E-state index contributed by atoms with van der Waals surface area (Å²) >= 11 is 0. The van der Waals surface area contributed by atoms with Crippen LogP contribution in [0.2, 0.25) is 0 Å². The van der Waals surface area contributed by atoms with Crippen molar-refractivity contribution in [2.24, 2.45) is 0 Å². The molecule has 0 bridgehead atoms. The van der Waals surface area contributed by atoms with E-state index >= 15 is 0 Å². The molecule has 2 rings (SSSR count). The second-order valence-electron chi connectivity index (χ2n) is 3.00. The Morgan fingerprint density at radius 3 is 2.57 bits per heavy atom. The zero-order chi connectivity index (χ0) is 9.97. The summed E-state index contributed by atoms with van der Waals surface area (Å²) in [5, 5.41) is 3.67. The summed E-state index contributed by atoms with van der Waals surface area (Å²) in [7, 11) is 1.46. The van der Waals surface area contributed by atoms with Gasteiger partial charge < -0.3 is 9.32 Å². The molecular weight excluding hydrogens is 177 g/mol. The average Bonchev–Trinajstić information content (AvgIpc) is 2.68. The van der Waals surface area contributed by atoms with E-state index < -0.39 is 0 Å². The molecule has 0 saturated carbocycles. The molecule has 0 amide bonds. The molecule has 0 saturated heterocycles. The molecule has 4 heteroatoms. The summed E-state index contributed by atoms with van der Waals surface area (Å²) in [5.74, 6) is 0.621. The van der Waals surface area contributed by atoms with Gasteiger partial charge in [0.1, 0.15) is 11.4 Å². The number of benzene rings is 1. The Bertz CT molecular complexity index is 450. The summed E-state index contributed by atoms with van der Waals surface area (Å²) < 4.78 is 5.04. The first-order valence-electron chi connectivity index (χ1n) is 4.30. The predicted octanol–water partition coefficient (Wildman–Crippen LogP) is 1.11. The van der Waals surface area contributed by atoms with Crippen LogP contribution in [0.5, 0.6) is 0 Å². The monoisotopic (exact) mass is 185 g/mol. The Morgan fingerprint density at radius 1 is 1.29 bits per heavy atom. The number of hydrogen-bond acceptors (Lipinski definition) is 3. The minimum absolute atomic E-state index is 0.0871. The van der Waals surface area contributed by atoms with Gasteiger partial charge in [-0.3, -0.25) is 0 Å². The largest absolute Gasteiger partial charge is 0.356 e. The standard InChI is InChI=1S/C10H8BNO2/c11-10(13)8-6-9(14-12-8)7-4-2-1-3-5-7/h1-6H,11H2. The highest BCUT2D eigenvalue weighted by atomic mass is 16.5. The Hall–Kier alpha value is -1.84. The van der Waals surface area contributed by atoms with Gasteiger partial charge in [0.15, 0.2) is 13.6 Å². The molecule has 1 aromatic carbocycles. The van der Waals surface area contributed by atoms with Gasteiger partial charge in [0.2, 0.25) is 0 Å². The van der Waals surface area contributed by atoms with Crippen LogP contribution in [0, 0.1) is 0 Å². The van der Waals surface area contributed by atoms with E-state index in [9.17, 15) is 4.79 Å². The lowest BCUT2D eigenvalue weighted by molar-refractivity contribution is 0.107. The Balaban J connectivity index is 2.39. The minimum atomic E-state index is -0.0871. The van der Waals surface area contributed by atoms with E-state index in [1.54, 1.807) is 6.07 Å². The molecule has 0 unspecified atom stereocenters. The van der Waals surface area contributed by atoms with E-state index in [4.69, 9.17) is 4.52 Å². The fourth-order valence-electron chi connectivity index (χ4n) is 1.18. The van der Waals surface area contributed by atoms with E-state index in [-0.39, 0.29) is 5.68 Å². The van der Waals surface area contributed by atoms with Crippen LogP contribution < -0.4 is 0 Å². The van der Waals surface area contributed by atoms with Gasteiger partial charge in [0.05, 0.1) is 0 Å². The zero-order valence-corrected chi connectivity index (χ0v) is 7.73. The van der Waals surface area contributed by atoms with Gasteiger partial charge in [-0.05, 0) is 0 Å². The second kappa shape index (κ2) is 3.50. The molecule has 0 spiro atoms. The van der Waals surface area contributed by atoms with Gasteiger partial charge in [-0.2, -0.15) is 0 Å². The highest BCUT2D eigenvalue weighted by molar-refractivity contribution is 6.62. The molecule has 68 valence electrons. The van der Waals surface area contributed by atoms with Gasteiger partial charge in [0, 0.05) is 11.6 Å². The fraction of sp³-hybridized carbons (Fsp3) is 0. The van der Waals surface area contributed by atoms with Gasteiger partial charge in [-0.25, -0.2) is 0 Å². The van der Waals surface area contributed by atoms with Gasteiger partial charge in [0.25, 0.3) is 0 Å². The van der Waals surface area contributed by atoms with Gasteiger partial charge >= 0.3 is 0 Å². The van der Waals surface area contributed by atoms with Crippen molar-refractivity contribution < 1.29 is 9.32 Å². The first-order chi connectivity index (χ1) is 6.77. The summed E-state index contributed by atoms with van der Waals surface area (Å²) in [4.78, 5) is 11.0. The van der Waals surface area contributed by atoms with Crippen LogP contribution in [0.4, 0.5) is 0 Å². The molecule has 2 aromatic rings. The van der Waals surface area contributed by atoms with Gasteiger partial charge in [-0.15, -0.1) is 0 Å². The lowest BCUT2D eigenvalue weighted by Gasteiger charge is -1.91. The number of hydrogen-bond donors (Lipinski definition) is 0. The number of rotatable bonds is 2. The molecule has 0 aliphatic rings. The van der Waals surface area contributed by atoms with E-state index in [2.05, 4.69) is 5.16 Å². The maximum absolute atomic E-state index is 11.0. The maximum atomic E-state index is 11.0. The zero-order valence-electron chi connectivity index (χ0n) is 7.73. The average molecular weight is 185 g/mol. The second-order valence-corrected chi connectivity index (χ2v) is 3.00. The van der Waals surface area contributed by atoms with E-state index in [1.807, 2.05) is 30.3 Å². The number of carbonyl (C=O) groups is 1. The molecule has 0 N–H and O–H groups in total. The molecule has 0 atom stereocenters. The molecule has 1 heterocycles. The summed E-state index contributed by atoms with van der Waals surface area (Å²) in [6, 6.07) is 11.2. The van der Waals surface area contributed by atoms with Crippen molar-refractivity contribution in [2.75, 3.05) is 0 Å². The van der Waals surface area contributed by atoms with Crippen LogP contribution in [0.1, 0.15) is 10.5 Å². The van der Waals surface area contributed by atoms with Crippen LogP contribution in [0.25, 0.3) is 11.3 Å². The third kappa shape index (κ3) is 1.59. The molecule has 3 nitrogen and oxygen atoms in total. The normalized spacial score (nSPS) is 10.0. The topological polar surface area (TPSA) is 43.1 Å². The Labute approximate surface area is 82.1 Å². The third-order valence-corrected chi connectivity index (χ3v) is 1.93. The van der Waals surface area contributed by atoms with Crippen molar-refractivity contribution in [1.29, 1.82) is 0 Å². The number of carbonyl (C=O) groups excluding carboxylic acids is 1. The SMILES string of the molecule is BC(=O)c1cc(-c2ccccc2)on1. The first-order valence-corrected chi connectivity index (χ1v) is 4.30. The van der Waals surface area contributed by atoms with Crippen molar-refractivity contribution in [3.63, 3.8) is 0 Å². The fourth-order valence-corrected chi connectivity index (χ4v) is 1.18. The highest BCUT2D eigenvalue weighted by Gasteiger charge is 2.08. The molecule has 0 fully saturated rings. The van der Waals surface area contributed by atoms with Crippen molar-refractivity contribution in [3.05, 3.63) is 42.1 Å². The predicted molar refractivity (Wildman–Crippen MR) is 54.8 cm³/mol. The van der Waals surface area contributed by atoms with Crippen LogP contribution in [-0.2, 0) is 0 Å². The summed E-state index contributed by atoms with van der Waals surface area (Å²) in [6.45, 7) is 0. The lowest BCUT2D eigenvalue weighted by atomic mass is 9.99. The smallest absolute Gasteiger partial charge is 0.196 e. The van der Waals surface area contributed by atoms with Crippen LogP contribution in [-0.4, -0.2) is 18.7 Å². The Kier molecular flexibility index (Phi) is 2.19. The summed E-state index contributed by atoms with van der Waals surface area (Å²) in [5.41, 5.74) is 1.20. The quantitative estimate of drug-likeness (QED) is 0.658. The third-order valence-electron chi connectivity index (χ3n) is 1.93. The maximum Gasteiger partial charge on any atom is 0.196 e. The first kappa shape index (κ1) is 8.75. The van der Waals surface area contributed by atoms with Crippen molar-refractivity contribution >= 4 is 13.5 Å². The van der Waals surface area contributed by atoms with Crippen molar-refractivity contribution in [3.8, 4) is 11.3 Å². The molecule has 1 aromatic heterocycles. The highest BCUT2D eigenvalue weighted by Crippen LogP contribution is 2.19. The van der Waals surface area contributed by atoms with Crippen LogP contribution >= 0.6 is 0 Å². The van der Waals surface area contributed by atoms with Crippen molar-refractivity contribution in [1.82, 2.24) is 5.16 Å². The van der Waals surface area contributed by atoms with E-state index in [0.717, 1.165) is 5.56 Å². The van der Waals surface area contributed by atoms with Crippen molar-refractivity contribution in [2.45, 2.75) is 0 Å². The lowest BCUT2D eigenvalue weighted by Crippen LogP contribution is -1.95. The number of nitrogens with zero attached hydrogens (tertiary/aromatic N) is 1. The molecular formula is C10H8BNO2. The molecule has 0 aliphatic heterocycles. The van der Waals surface area contributed by atoms with Crippen LogP contribution in [0.15, 0.2) is 40.9 Å². The van der Waals surface area contributed by atoms with Gasteiger partial charge in [-0.1, -0.05) is 35.5 Å². The van der Waals surface area contributed by atoms with E-state index in [1.165, 1.54) is 7.85 Å². The molecule has 0 aliphatic carbocycles.